The Bertz CT molecular complexity index is 472. The van der Waals surface area contributed by atoms with Gasteiger partial charge in [0.15, 0.2) is 0 Å². The number of nitrogens with zero attached hydrogens (tertiary/aromatic N) is 1. The van der Waals surface area contributed by atoms with Crippen LogP contribution in [0.25, 0.3) is 0 Å². The SMILES string of the molecule is CCC1COCCS(=O)(=O)N1Cc1ccccc1. The van der Waals surface area contributed by atoms with E-state index in [0.717, 1.165) is 12.0 Å². The molecular formula is C13H19NO3S. The molecule has 1 unspecified atom stereocenters. The molecule has 1 heterocycles. The predicted molar refractivity (Wildman–Crippen MR) is 70.7 cm³/mol. The maximum absolute atomic E-state index is 12.2. The normalized spacial score (nSPS) is 24.6. The summed E-state index contributed by atoms with van der Waals surface area (Å²) >= 11 is 0. The average Bonchev–Trinajstić information content (AvgIpc) is 2.51. The molecule has 100 valence electrons. The first-order chi connectivity index (χ1) is 8.63. The van der Waals surface area contributed by atoms with Crippen molar-refractivity contribution in [3.05, 3.63) is 35.9 Å². The molecule has 1 saturated heterocycles. The molecule has 4 nitrogen and oxygen atoms in total. The maximum Gasteiger partial charge on any atom is 0.217 e. The summed E-state index contributed by atoms with van der Waals surface area (Å²) in [5.74, 6) is 0.0797. The number of hydrogen-bond acceptors (Lipinski definition) is 3. The Morgan fingerprint density at radius 2 is 2.06 bits per heavy atom. The van der Waals surface area contributed by atoms with E-state index >= 15 is 0 Å². The zero-order valence-electron chi connectivity index (χ0n) is 10.6. The largest absolute Gasteiger partial charge is 0.379 e. The third kappa shape index (κ3) is 3.10. The van der Waals surface area contributed by atoms with Gasteiger partial charge in [-0.2, -0.15) is 4.31 Å². The molecule has 0 spiro atoms. The third-order valence-corrected chi connectivity index (χ3v) is 5.04. The molecule has 0 N–H and O–H groups in total. The molecule has 2 rings (SSSR count). The monoisotopic (exact) mass is 269 g/mol. The van der Waals surface area contributed by atoms with Gasteiger partial charge in [-0.3, -0.25) is 0 Å². The van der Waals surface area contributed by atoms with Gasteiger partial charge in [-0.15, -0.1) is 0 Å². The summed E-state index contributed by atoms with van der Waals surface area (Å²) < 4.78 is 31.4. The van der Waals surface area contributed by atoms with Crippen molar-refractivity contribution >= 4 is 10.0 Å². The van der Waals surface area contributed by atoms with Gasteiger partial charge >= 0.3 is 0 Å². The van der Waals surface area contributed by atoms with Crippen molar-refractivity contribution in [3.8, 4) is 0 Å². The summed E-state index contributed by atoms with van der Waals surface area (Å²) in [6.07, 6.45) is 0.770. The zero-order valence-corrected chi connectivity index (χ0v) is 11.4. The van der Waals surface area contributed by atoms with E-state index in [2.05, 4.69) is 0 Å². The molecule has 0 saturated carbocycles. The Balaban J connectivity index is 2.24. The van der Waals surface area contributed by atoms with Crippen LogP contribution in [-0.4, -0.2) is 37.7 Å². The van der Waals surface area contributed by atoms with Crippen LogP contribution in [0.5, 0.6) is 0 Å². The molecule has 1 fully saturated rings. The summed E-state index contributed by atoms with van der Waals surface area (Å²) in [7, 11) is -3.21. The van der Waals surface area contributed by atoms with E-state index in [-0.39, 0.29) is 11.8 Å². The number of sulfonamides is 1. The van der Waals surface area contributed by atoms with Gasteiger partial charge in [0.05, 0.1) is 19.0 Å². The van der Waals surface area contributed by atoms with Crippen LogP contribution in [0.15, 0.2) is 30.3 Å². The minimum absolute atomic E-state index is 0.0577. The summed E-state index contributed by atoms with van der Waals surface area (Å²) in [6, 6.07) is 9.63. The Hall–Kier alpha value is -0.910. The molecule has 0 bridgehead atoms. The zero-order chi connectivity index (χ0) is 13.0. The van der Waals surface area contributed by atoms with Gasteiger partial charge in [0.1, 0.15) is 0 Å². The van der Waals surface area contributed by atoms with E-state index in [4.69, 9.17) is 4.74 Å². The quantitative estimate of drug-likeness (QED) is 0.838. The van der Waals surface area contributed by atoms with Crippen LogP contribution in [-0.2, 0) is 21.3 Å². The first-order valence-electron chi connectivity index (χ1n) is 6.24. The fourth-order valence-corrected chi connectivity index (χ4v) is 3.70. The minimum atomic E-state index is -3.21. The van der Waals surface area contributed by atoms with Gasteiger partial charge in [-0.25, -0.2) is 8.42 Å². The number of rotatable bonds is 3. The van der Waals surface area contributed by atoms with E-state index < -0.39 is 10.0 Å². The van der Waals surface area contributed by atoms with Crippen LogP contribution >= 0.6 is 0 Å². The second-order valence-electron chi connectivity index (χ2n) is 4.48. The Morgan fingerprint density at radius 3 is 2.72 bits per heavy atom. The topological polar surface area (TPSA) is 46.6 Å². The van der Waals surface area contributed by atoms with Crippen molar-refractivity contribution in [1.29, 1.82) is 0 Å². The number of benzene rings is 1. The lowest BCUT2D eigenvalue weighted by Gasteiger charge is -2.27. The Labute approximate surface area is 109 Å². The van der Waals surface area contributed by atoms with E-state index in [9.17, 15) is 8.42 Å². The van der Waals surface area contributed by atoms with Crippen molar-refractivity contribution in [2.45, 2.75) is 25.9 Å². The Morgan fingerprint density at radius 1 is 1.33 bits per heavy atom. The highest BCUT2D eigenvalue weighted by atomic mass is 32.2. The average molecular weight is 269 g/mol. The predicted octanol–water partition coefficient (Wildman–Crippen LogP) is 1.63. The molecule has 5 heteroatoms. The molecule has 1 aromatic carbocycles. The van der Waals surface area contributed by atoms with Gasteiger partial charge in [0.25, 0.3) is 0 Å². The van der Waals surface area contributed by atoms with Crippen LogP contribution in [0.2, 0.25) is 0 Å². The lowest BCUT2D eigenvalue weighted by Crippen LogP contribution is -2.40. The third-order valence-electron chi connectivity index (χ3n) is 3.21. The maximum atomic E-state index is 12.2. The standard InChI is InChI=1S/C13H19NO3S/c1-2-13-11-17-8-9-18(15,16)14(13)10-12-6-4-3-5-7-12/h3-7,13H,2,8-11H2,1H3. The molecule has 1 atom stereocenters. The van der Waals surface area contributed by atoms with Gasteiger partial charge < -0.3 is 4.74 Å². The summed E-state index contributed by atoms with van der Waals surface area (Å²) in [4.78, 5) is 0. The van der Waals surface area contributed by atoms with Gasteiger partial charge in [0.2, 0.25) is 10.0 Å². The summed E-state index contributed by atoms with van der Waals surface area (Å²) in [5, 5.41) is 0. The van der Waals surface area contributed by atoms with Crippen molar-refractivity contribution in [1.82, 2.24) is 4.31 Å². The van der Waals surface area contributed by atoms with Crippen molar-refractivity contribution < 1.29 is 13.2 Å². The summed E-state index contributed by atoms with van der Waals surface area (Å²) in [6.45, 7) is 3.21. The van der Waals surface area contributed by atoms with E-state index in [1.165, 1.54) is 0 Å². The smallest absolute Gasteiger partial charge is 0.217 e. The first kappa shape index (κ1) is 13.5. The molecular weight excluding hydrogens is 250 g/mol. The molecule has 0 aromatic heterocycles. The molecule has 1 aromatic rings. The minimum Gasteiger partial charge on any atom is -0.379 e. The van der Waals surface area contributed by atoms with Crippen LogP contribution < -0.4 is 0 Å². The van der Waals surface area contributed by atoms with E-state index in [0.29, 0.717) is 19.8 Å². The second-order valence-corrected chi connectivity index (χ2v) is 6.52. The second kappa shape index (κ2) is 5.82. The van der Waals surface area contributed by atoms with Gasteiger partial charge in [-0.05, 0) is 12.0 Å². The van der Waals surface area contributed by atoms with Crippen LogP contribution in [0.1, 0.15) is 18.9 Å². The van der Waals surface area contributed by atoms with Gasteiger partial charge in [0, 0.05) is 12.6 Å². The fourth-order valence-electron chi connectivity index (χ4n) is 2.12. The highest BCUT2D eigenvalue weighted by Gasteiger charge is 2.31. The first-order valence-corrected chi connectivity index (χ1v) is 7.85. The number of ether oxygens (including phenoxy) is 1. The summed E-state index contributed by atoms with van der Waals surface area (Å²) in [5.41, 5.74) is 1.02. The molecule has 1 aliphatic heterocycles. The lowest BCUT2D eigenvalue weighted by molar-refractivity contribution is 0.108. The molecule has 0 amide bonds. The van der Waals surface area contributed by atoms with E-state index in [1.54, 1.807) is 4.31 Å². The van der Waals surface area contributed by atoms with Crippen LogP contribution in [0, 0.1) is 0 Å². The van der Waals surface area contributed by atoms with Crippen molar-refractivity contribution in [2.75, 3.05) is 19.0 Å². The van der Waals surface area contributed by atoms with Crippen LogP contribution in [0.3, 0.4) is 0 Å². The van der Waals surface area contributed by atoms with Crippen molar-refractivity contribution in [2.24, 2.45) is 0 Å². The molecule has 18 heavy (non-hydrogen) atoms. The lowest BCUT2D eigenvalue weighted by atomic mass is 10.2. The highest BCUT2D eigenvalue weighted by Crippen LogP contribution is 2.19. The van der Waals surface area contributed by atoms with Crippen molar-refractivity contribution in [3.63, 3.8) is 0 Å². The molecule has 0 radical (unpaired) electrons. The highest BCUT2D eigenvalue weighted by molar-refractivity contribution is 7.89. The van der Waals surface area contributed by atoms with Crippen LogP contribution in [0.4, 0.5) is 0 Å². The number of hydrogen-bond donors (Lipinski definition) is 0. The van der Waals surface area contributed by atoms with Gasteiger partial charge in [-0.1, -0.05) is 37.3 Å². The van der Waals surface area contributed by atoms with E-state index in [1.807, 2.05) is 37.3 Å². The molecule has 0 aliphatic carbocycles. The fraction of sp³-hybridized carbons (Fsp3) is 0.538. The Kier molecular flexibility index (Phi) is 4.37. The molecule has 1 aliphatic rings.